The van der Waals surface area contributed by atoms with Crippen LogP contribution >= 0.6 is 0 Å². The number of hydrogen-bond acceptors (Lipinski definition) is 2. The molecule has 110 valence electrons. The van der Waals surface area contributed by atoms with Crippen LogP contribution in [0.1, 0.15) is 24.0 Å². The number of rotatable bonds is 4. The van der Waals surface area contributed by atoms with Gasteiger partial charge in [-0.1, -0.05) is 37.3 Å². The van der Waals surface area contributed by atoms with Crippen molar-refractivity contribution >= 4 is 11.9 Å². The minimum Gasteiger partial charge on any atom is -0.279 e. The highest BCUT2D eigenvalue weighted by molar-refractivity contribution is 5.68. The Morgan fingerprint density at radius 3 is 2.19 bits per heavy atom. The van der Waals surface area contributed by atoms with Crippen LogP contribution in [0.25, 0.3) is 0 Å². The maximum absolute atomic E-state index is 12.4. The van der Waals surface area contributed by atoms with E-state index in [0.29, 0.717) is 5.69 Å². The normalized spacial score (nSPS) is 13.3. The highest BCUT2D eigenvalue weighted by Gasteiger charge is 2.29. The van der Waals surface area contributed by atoms with Gasteiger partial charge >= 0.3 is 6.18 Å². The molecule has 0 heterocycles. The van der Waals surface area contributed by atoms with Crippen LogP contribution in [0.5, 0.6) is 0 Å². The van der Waals surface area contributed by atoms with E-state index < -0.39 is 11.7 Å². The van der Waals surface area contributed by atoms with Crippen molar-refractivity contribution < 1.29 is 13.2 Å². The summed E-state index contributed by atoms with van der Waals surface area (Å²) in [5, 5.41) is 4.05. The molecule has 1 unspecified atom stereocenters. The molecule has 0 spiro atoms. The molecule has 2 rings (SSSR count). The Balaban J connectivity index is 1.95. The maximum Gasteiger partial charge on any atom is 0.416 e. The molecule has 0 aliphatic heterocycles. The van der Waals surface area contributed by atoms with Crippen LogP contribution in [0, 0.1) is 0 Å². The molecule has 1 atom stereocenters. The summed E-state index contributed by atoms with van der Waals surface area (Å²) in [5.74, 6) is 0.119. The summed E-state index contributed by atoms with van der Waals surface area (Å²) in [7, 11) is 0. The Hall–Kier alpha value is -2.30. The highest BCUT2D eigenvalue weighted by Crippen LogP contribution is 2.29. The van der Waals surface area contributed by atoms with E-state index in [-0.39, 0.29) is 5.92 Å². The fourth-order valence-corrected chi connectivity index (χ4v) is 1.80. The second-order valence-electron chi connectivity index (χ2n) is 4.66. The van der Waals surface area contributed by atoms with E-state index in [9.17, 15) is 13.2 Å². The molecule has 0 aromatic heterocycles. The molecule has 2 aromatic rings. The zero-order valence-electron chi connectivity index (χ0n) is 11.4. The second-order valence-corrected chi connectivity index (χ2v) is 4.66. The highest BCUT2D eigenvalue weighted by atomic mass is 19.4. The van der Waals surface area contributed by atoms with Gasteiger partial charge in [-0.3, -0.25) is 5.43 Å². The maximum atomic E-state index is 12.4. The minimum atomic E-state index is -4.32. The molecule has 0 saturated carbocycles. The van der Waals surface area contributed by atoms with Crippen LogP contribution in [-0.4, -0.2) is 6.21 Å². The largest absolute Gasteiger partial charge is 0.416 e. The van der Waals surface area contributed by atoms with Gasteiger partial charge in [-0.2, -0.15) is 18.3 Å². The standard InChI is InChI=1S/C16H15F3N2/c1-12(13-5-3-2-4-6-13)11-20-21-15-9-7-14(8-10-15)16(17,18)19/h2-12,21H,1H3. The molecule has 0 saturated heterocycles. The fourth-order valence-electron chi connectivity index (χ4n) is 1.80. The van der Waals surface area contributed by atoms with Gasteiger partial charge in [0.15, 0.2) is 0 Å². The average molecular weight is 292 g/mol. The van der Waals surface area contributed by atoms with E-state index in [1.165, 1.54) is 12.1 Å². The Morgan fingerprint density at radius 2 is 1.62 bits per heavy atom. The van der Waals surface area contributed by atoms with Gasteiger partial charge in [-0.25, -0.2) is 0 Å². The van der Waals surface area contributed by atoms with Crippen LogP contribution in [0.2, 0.25) is 0 Å². The fraction of sp³-hybridized carbons (Fsp3) is 0.188. The predicted molar refractivity (Wildman–Crippen MR) is 78.4 cm³/mol. The lowest BCUT2D eigenvalue weighted by molar-refractivity contribution is -0.137. The lowest BCUT2D eigenvalue weighted by Gasteiger charge is -2.08. The summed E-state index contributed by atoms with van der Waals surface area (Å²) in [6.07, 6.45) is -2.60. The predicted octanol–water partition coefficient (Wildman–Crippen LogP) is 4.91. The van der Waals surface area contributed by atoms with Crippen molar-refractivity contribution in [3.05, 3.63) is 65.7 Å². The zero-order valence-corrected chi connectivity index (χ0v) is 11.4. The van der Waals surface area contributed by atoms with Gasteiger partial charge in [0.2, 0.25) is 0 Å². The Labute approximate surface area is 121 Å². The van der Waals surface area contributed by atoms with Gasteiger partial charge in [0.25, 0.3) is 0 Å². The first-order valence-electron chi connectivity index (χ1n) is 6.48. The Bertz CT molecular complexity index is 589. The average Bonchev–Trinajstić information content (AvgIpc) is 2.47. The molecule has 0 fully saturated rings. The first kappa shape index (κ1) is 15.1. The minimum absolute atomic E-state index is 0.119. The number of hydrazone groups is 1. The molecular weight excluding hydrogens is 277 g/mol. The van der Waals surface area contributed by atoms with Crippen LogP contribution < -0.4 is 5.43 Å². The molecule has 0 aliphatic rings. The number of alkyl halides is 3. The van der Waals surface area contributed by atoms with Gasteiger partial charge in [-0.15, -0.1) is 0 Å². The molecule has 2 nitrogen and oxygen atoms in total. The summed E-state index contributed by atoms with van der Waals surface area (Å²) in [5.41, 5.74) is 3.69. The van der Waals surface area contributed by atoms with Crippen LogP contribution in [0.3, 0.4) is 0 Å². The first-order chi connectivity index (χ1) is 9.97. The zero-order chi connectivity index (χ0) is 15.3. The lowest BCUT2D eigenvalue weighted by atomic mass is 10.0. The second kappa shape index (κ2) is 6.43. The van der Waals surface area contributed by atoms with E-state index in [0.717, 1.165) is 17.7 Å². The third-order valence-electron chi connectivity index (χ3n) is 3.03. The third kappa shape index (κ3) is 4.34. The van der Waals surface area contributed by atoms with Crippen LogP contribution in [0.4, 0.5) is 18.9 Å². The monoisotopic (exact) mass is 292 g/mol. The van der Waals surface area contributed by atoms with E-state index in [4.69, 9.17) is 0 Å². The molecule has 1 N–H and O–H groups in total. The quantitative estimate of drug-likeness (QED) is 0.628. The summed E-state index contributed by atoms with van der Waals surface area (Å²) >= 11 is 0. The van der Waals surface area contributed by atoms with Gasteiger partial charge < -0.3 is 0 Å². The number of nitrogens with one attached hydrogen (secondary N) is 1. The van der Waals surface area contributed by atoms with Crippen molar-refractivity contribution in [1.29, 1.82) is 0 Å². The Kier molecular flexibility index (Phi) is 4.62. The number of hydrogen-bond donors (Lipinski definition) is 1. The van der Waals surface area contributed by atoms with Crippen LogP contribution in [-0.2, 0) is 6.18 Å². The third-order valence-corrected chi connectivity index (χ3v) is 3.03. The summed E-state index contributed by atoms with van der Waals surface area (Å²) in [6.45, 7) is 1.99. The molecule has 0 bridgehead atoms. The number of anilines is 1. The van der Waals surface area contributed by atoms with Crippen LogP contribution in [0.15, 0.2) is 59.7 Å². The lowest BCUT2D eigenvalue weighted by Crippen LogP contribution is -2.04. The van der Waals surface area contributed by atoms with Gasteiger partial charge in [0, 0.05) is 12.1 Å². The molecule has 0 amide bonds. The number of nitrogens with zero attached hydrogens (tertiary/aromatic N) is 1. The van der Waals surface area contributed by atoms with Crippen molar-refractivity contribution in [2.45, 2.75) is 19.0 Å². The summed E-state index contributed by atoms with van der Waals surface area (Å²) in [6, 6.07) is 14.6. The molecule has 0 radical (unpaired) electrons. The van der Waals surface area contributed by atoms with E-state index in [1.54, 1.807) is 6.21 Å². The van der Waals surface area contributed by atoms with E-state index in [2.05, 4.69) is 10.5 Å². The van der Waals surface area contributed by atoms with Gasteiger partial charge in [-0.05, 0) is 29.8 Å². The summed E-state index contributed by atoms with van der Waals surface area (Å²) < 4.78 is 37.2. The number of halogens is 3. The molecule has 2 aromatic carbocycles. The topological polar surface area (TPSA) is 24.4 Å². The SMILES string of the molecule is CC(C=NNc1ccc(C(F)(F)F)cc1)c1ccccc1. The summed E-state index contributed by atoms with van der Waals surface area (Å²) in [4.78, 5) is 0. The first-order valence-corrected chi connectivity index (χ1v) is 6.48. The van der Waals surface area contributed by atoms with Gasteiger partial charge in [0.05, 0.1) is 11.3 Å². The van der Waals surface area contributed by atoms with E-state index >= 15 is 0 Å². The molecule has 0 aliphatic carbocycles. The van der Waals surface area contributed by atoms with Gasteiger partial charge in [0.1, 0.15) is 0 Å². The Morgan fingerprint density at radius 1 is 1.00 bits per heavy atom. The van der Waals surface area contributed by atoms with Crippen molar-refractivity contribution in [3.8, 4) is 0 Å². The molecular formula is C16H15F3N2. The number of benzene rings is 2. The molecule has 21 heavy (non-hydrogen) atoms. The van der Waals surface area contributed by atoms with Crippen molar-refractivity contribution in [1.82, 2.24) is 0 Å². The smallest absolute Gasteiger partial charge is 0.279 e. The molecule has 5 heteroatoms. The van der Waals surface area contributed by atoms with Crippen molar-refractivity contribution in [2.75, 3.05) is 5.43 Å². The van der Waals surface area contributed by atoms with Crippen molar-refractivity contribution in [3.63, 3.8) is 0 Å². The van der Waals surface area contributed by atoms with Crippen molar-refractivity contribution in [2.24, 2.45) is 5.10 Å². The van der Waals surface area contributed by atoms with E-state index in [1.807, 2.05) is 37.3 Å².